The van der Waals surface area contributed by atoms with E-state index in [0.29, 0.717) is 25.7 Å². The third kappa shape index (κ3) is 22.6. The molecule has 0 aliphatic heterocycles. The number of ketones is 8. The Morgan fingerprint density at radius 1 is 0.212 bits per heavy atom. The van der Waals surface area contributed by atoms with E-state index < -0.39 is 171 Å². The molecule has 0 spiro atoms. The van der Waals surface area contributed by atoms with Gasteiger partial charge in [-0.3, -0.25) is 38.4 Å². The molecule has 0 atom stereocenters. The van der Waals surface area contributed by atoms with E-state index in [4.69, 9.17) is 0 Å². The molecule has 0 bridgehead atoms. The van der Waals surface area contributed by atoms with Gasteiger partial charge in [-0.1, -0.05) is 164 Å². The monoisotopic (exact) mass is 1770 g/mol. The second kappa shape index (κ2) is 37.2. The fourth-order valence-electron chi connectivity index (χ4n) is 12.8. The normalized spacial score (nSPS) is 13.8. The lowest BCUT2D eigenvalue weighted by Crippen LogP contribution is -2.27. The first-order chi connectivity index (χ1) is 55.2. The lowest BCUT2D eigenvalue weighted by atomic mass is 9.89. The zero-order chi connectivity index (χ0) is 87.0. The van der Waals surface area contributed by atoms with Crippen LogP contribution in [0.15, 0.2) is 97.1 Å². The molecule has 8 aromatic rings. The van der Waals surface area contributed by atoms with Crippen molar-refractivity contribution >= 4 is 125 Å². The molecule has 4 heterocycles. The van der Waals surface area contributed by atoms with E-state index in [1.54, 1.807) is 62.4 Å². The van der Waals surface area contributed by atoms with Gasteiger partial charge in [0.2, 0.25) is 46.3 Å². The zero-order valence-electron chi connectivity index (χ0n) is 65.4. The molecule has 0 unspecified atom stereocenters. The maximum atomic E-state index is 13.0. The van der Waals surface area contributed by atoms with Gasteiger partial charge in [0, 0.05) is 68.5 Å². The summed E-state index contributed by atoms with van der Waals surface area (Å²) in [5.41, 5.74) is -1.49. The van der Waals surface area contributed by atoms with Crippen LogP contribution in [0.4, 0.5) is 0 Å². The first-order valence-corrected chi connectivity index (χ1v) is 52.2. The minimum atomic E-state index is -3.62. The predicted molar refractivity (Wildman–Crippen MR) is 434 cm³/mol. The van der Waals surface area contributed by atoms with Crippen LogP contribution in [0.1, 0.15) is 267 Å². The molecule has 0 N–H and O–H groups in total. The summed E-state index contributed by atoms with van der Waals surface area (Å²) >= 11 is 0. The van der Waals surface area contributed by atoms with Crippen LogP contribution in [0, 0.1) is 0 Å². The number of nitrogens with zero attached hydrogens (tertiary/aromatic N) is 8. The summed E-state index contributed by atoms with van der Waals surface area (Å²) in [6.07, 6.45) is 6.84. The summed E-state index contributed by atoms with van der Waals surface area (Å²) < 4.78 is 196. The number of unbranched alkanes of at least 4 members (excludes halogenated alkanes) is 4. The molecule has 0 amide bonds. The van der Waals surface area contributed by atoms with Crippen molar-refractivity contribution in [2.45, 2.75) is 139 Å². The summed E-state index contributed by atoms with van der Waals surface area (Å²) in [6.45, 7) is 10.2. The summed E-state index contributed by atoms with van der Waals surface area (Å²) in [5.74, 6) is -9.45. The maximum Gasteiger partial charge on any atom is 0.214 e. The van der Waals surface area contributed by atoms with Crippen molar-refractivity contribution in [2.75, 3.05) is 47.0 Å². The zero-order valence-corrected chi connectivity index (χ0v) is 72.0. The molecule has 0 radical (unpaired) electrons. The van der Waals surface area contributed by atoms with Gasteiger partial charge in [-0.15, -0.1) is 0 Å². The van der Waals surface area contributed by atoms with E-state index in [1.165, 1.54) is 62.4 Å². The lowest BCUT2D eigenvalue weighted by Gasteiger charge is -2.19. The Hall–Kier alpha value is -9.84. The molecule has 0 fully saturated rings. The summed E-state index contributed by atoms with van der Waals surface area (Å²) in [7, 11) is -28.7. The van der Waals surface area contributed by atoms with Crippen molar-refractivity contribution in [1.82, 2.24) is 39.9 Å². The van der Waals surface area contributed by atoms with E-state index >= 15 is 0 Å². The highest BCUT2D eigenvalue weighted by Gasteiger charge is 2.40. The SMILES string of the molecule is CCCCCS(=O)(=O)Cc1nc2c(nc1CS(=O)(=O)CCCCC)C(=O)c1ccccc1C2=O.CCCS(=O)(=O)Cc1nc2c(nc1CS(=O)(=O)CCC)C(=O)c1ccccc1C2=O.CCS(=O)(=O)Cc1nc2c(nc1CS(=O)(=O)CC)C(=O)c1ccccc1C2=O.CS(=O)(=O)Cc1nc2c(nc1CS(C)(=O)=O)C(=O)c1ccccc1C2=O. The van der Waals surface area contributed by atoms with Gasteiger partial charge < -0.3 is 0 Å². The van der Waals surface area contributed by atoms with Crippen molar-refractivity contribution < 1.29 is 106 Å². The number of hydrogen-bond donors (Lipinski definition) is 0. The van der Waals surface area contributed by atoms with Crippen molar-refractivity contribution in [1.29, 1.82) is 0 Å². The van der Waals surface area contributed by atoms with Crippen molar-refractivity contribution in [3.05, 3.63) is 233 Å². The van der Waals surface area contributed by atoms with E-state index in [2.05, 4.69) is 39.9 Å². The Bertz CT molecular complexity index is 6070. The molecule has 0 saturated heterocycles. The van der Waals surface area contributed by atoms with E-state index in [1.807, 2.05) is 13.8 Å². The Labute approximate surface area is 684 Å². The van der Waals surface area contributed by atoms with Crippen molar-refractivity contribution in [2.24, 2.45) is 0 Å². The maximum absolute atomic E-state index is 13.0. The van der Waals surface area contributed by atoms with Gasteiger partial charge in [0.1, 0.15) is 45.6 Å². The number of carbonyl (C=O) groups is 8. The number of sulfone groups is 8. The molecular weight excluding hydrogens is 1690 g/mol. The first kappa shape index (κ1) is 92.0. The molecule has 32 nitrogen and oxygen atoms in total. The van der Waals surface area contributed by atoms with Crippen LogP contribution >= 0.6 is 0 Å². The highest BCUT2D eigenvalue weighted by atomic mass is 32.2. The van der Waals surface area contributed by atoms with Crippen LogP contribution in [0.2, 0.25) is 0 Å². The largest absolute Gasteiger partial charge is 0.287 e. The highest BCUT2D eigenvalue weighted by Crippen LogP contribution is 2.33. The van der Waals surface area contributed by atoms with Crippen molar-refractivity contribution in [3.8, 4) is 0 Å². The van der Waals surface area contributed by atoms with Crippen LogP contribution in [-0.4, -0.2) is 201 Å². The number of carbonyl (C=O) groups excluding carboxylic acids is 8. The third-order valence-electron chi connectivity index (χ3n) is 18.6. The van der Waals surface area contributed by atoms with Gasteiger partial charge >= 0.3 is 0 Å². The second-order valence-electron chi connectivity index (χ2n) is 28.3. The number of fused-ring (bicyclic) bond motifs is 8. The topological polar surface area (TPSA) is 513 Å². The fourth-order valence-corrected chi connectivity index (χ4v) is 21.6. The lowest BCUT2D eigenvalue weighted by molar-refractivity contribution is 0.0971. The Morgan fingerprint density at radius 3 is 0.525 bits per heavy atom. The Balaban J connectivity index is 0.000000180. The smallest absolute Gasteiger partial charge is 0.214 e. The van der Waals surface area contributed by atoms with E-state index in [-0.39, 0.29) is 170 Å². The fraction of sp³-hybridized carbons (Fsp3) is 0.385. The van der Waals surface area contributed by atoms with Crippen molar-refractivity contribution in [3.63, 3.8) is 0 Å². The van der Waals surface area contributed by atoms with Gasteiger partial charge in [0.25, 0.3) is 0 Å². The van der Waals surface area contributed by atoms with Gasteiger partial charge in [-0.05, 0) is 25.7 Å². The van der Waals surface area contributed by atoms with Crippen LogP contribution < -0.4 is 0 Å². The van der Waals surface area contributed by atoms with Gasteiger partial charge in [-0.2, -0.15) is 0 Å². The number of hydrogen-bond acceptors (Lipinski definition) is 32. The third-order valence-corrected chi connectivity index (χ3v) is 30.1. The summed E-state index contributed by atoms with van der Waals surface area (Å²) in [6, 6.07) is 24.8. The van der Waals surface area contributed by atoms with Gasteiger partial charge in [0.05, 0.1) is 115 Å². The molecule has 4 aromatic heterocycles. The molecule has 628 valence electrons. The quantitative estimate of drug-likeness (QED) is 0.0416. The average molecular weight is 1770 g/mol. The van der Waals surface area contributed by atoms with E-state index in [9.17, 15) is 106 Å². The molecular formula is C78H84N8O24S8. The first-order valence-electron chi connectivity index (χ1n) is 37.1. The van der Waals surface area contributed by atoms with E-state index in [0.717, 1.165) is 38.2 Å². The second-order valence-corrected chi connectivity index (χ2v) is 46.1. The Morgan fingerprint density at radius 2 is 0.373 bits per heavy atom. The highest BCUT2D eigenvalue weighted by molar-refractivity contribution is 7.92. The molecule has 4 aliphatic carbocycles. The van der Waals surface area contributed by atoms with Crippen LogP contribution in [0.5, 0.6) is 0 Å². The molecule has 4 aliphatic rings. The standard InChI is InChI=1S/C24H30N2O6S2.C20H22N2O6S2.C18H18N2O6S2.C16H14N2O6S2/c1-3-5-9-13-33(29,30)15-19-20(16-34(31,32)14-10-6-4-2)26-22-21(25-19)23(27)17-11-7-8-12-18(17)24(22)28;1-3-9-29(25,26)11-15-16(12-30(27,28)10-4-2)22-18-17(21-15)19(23)13-7-5-6-8-14(13)20(18)24;1-3-27(23,24)9-13-14(10-28(25,26)4-2)20-16-15(19-13)17(21)11-7-5-6-8-12(11)18(16)22;1-25(21,22)7-11-12(8-26(2,23)24)18-14-13(17-11)15(19)9-5-3-4-6-10(9)16(14)20/h7-8,11-12H,3-6,9-10,13-16H2,1-2H3;5-8H,3-4,9-12H2,1-2H3;5-8H,3-4,9-10H2,1-2H3;3-6H,7-8H2,1-2H3. The molecule has 40 heteroatoms. The predicted octanol–water partition coefficient (Wildman–Crippen LogP) is 6.83. The minimum Gasteiger partial charge on any atom is -0.287 e. The summed E-state index contributed by atoms with van der Waals surface area (Å²) in [5, 5.41) is 0. The number of rotatable bonds is 30. The van der Waals surface area contributed by atoms with Crippen LogP contribution in [-0.2, 0) is 125 Å². The van der Waals surface area contributed by atoms with Gasteiger partial charge in [-0.25, -0.2) is 107 Å². The molecule has 118 heavy (non-hydrogen) atoms. The molecule has 4 aromatic carbocycles. The minimum absolute atomic E-state index is 0.0714. The number of benzene rings is 4. The Kier molecular flexibility index (Phi) is 29.0. The summed E-state index contributed by atoms with van der Waals surface area (Å²) in [4.78, 5) is 136. The van der Waals surface area contributed by atoms with Crippen LogP contribution in [0.25, 0.3) is 0 Å². The number of aromatic nitrogens is 8. The van der Waals surface area contributed by atoms with Gasteiger partial charge in [0.15, 0.2) is 78.7 Å². The molecule has 12 rings (SSSR count). The van der Waals surface area contributed by atoms with Crippen LogP contribution in [0.3, 0.4) is 0 Å². The average Bonchev–Trinajstić information content (AvgIpc) is 0.764. The molecule has 0 saturated carbocycles.